The van der Waals surface area contributed by atoms with Crippen molar-refractivity contribution >= 4 is 17.5 Å². The first-order chi connectivity index (χ1) is 11.6. The van der Waals surface area contributed by atoms with Gasteiger partial charge in [0.05, 0.1) is 12.8 Å². The van der Waals surface area contributed by atoms with Crippen LogP contribution in [0.25, 0.3) is 0 Å². The van der Waals surface area contributed by atoms with Gasteiger partial charge in [-0.15, -0.1) is 0 Å². The fourth-order valence-electron chi connectivity index (χ4n) is 2.62. The van der Waals surface area contributed by atoms with E-state index in [1.54, 1.807) is 24.3 Å². The van der Waals surface area contributed by atoms with E-state index in [2.05, 4.69) is 10.2 Å². The molecule has 24 heavy (non-hydrogen) atoms. The smallest absolute Gasteiger partial charge is 0.312 e. The highest BCUT2D eigenvalue weighted by molar-refractivity contribution is 6.35. The van der Waals surface area contributed by atoms with Gasteiger partial charge >= 0.3 is 11.8 Å². The third-order valence-corrected chi connectivity index (χ3v) is 3.96. The van der Waals surface area contributed by atoms with Gasteiger partial charge in [0.1, 0.15) is 11.6 Å². The van der Waals surface area contributed by atoms with E-state index in [0.29, 0.717) is 31.9 Å². The van der Waals surface area contributed by atoms with Gasteiger partial charge in [0.2, 0.25) is 0 Å². The summed E-state index contributed by atoms with van der Waals surface area (Å²) < 4.78 is 18.1. The number of hydrogen-bond donors (Lipinski definition) is 1. The molecule has 7 heteroatoms. The number of anilines is 1. The highest BCUT2D eigenvalue weighted by atomic mass is 19.1. The lowest BCUT2D eigenvalue weighted by atomic mass is 10.2. The third-order valence-electron chi connectivity index (χ3n) is 3.96. The number of hydrogen-bond acceptors (Lipinski definition) is 4. The Hall–Kier alpha value is -2.83. The molecule has 0 atom stereocenters. The molecule has 1 aliphatic heterocycles. The minimum absolute atomic E-state index is 0.188. The van der Waals surface area contributed by atoms with E-state index in [9.17, 15) is 14.0 Å². The van der Waals surface area contributed by atoms with Crippen LogP contribution in [0.3, 0.4) is 0 Å². The quantitative estimate of drug-likeness (QED) is 0.863. The van der Waals surface area contributed by atoms with Crippen LogP contribution >= 0.6 is 0 Å². The first-order valence-corrected chi connectivity index (χ1v) is 7.73. The van der Waals surface area contributed by atoms with Crippen molar-refractivity contribution in [1.82, 2.24) is 10.2 Å². The second kappa shape index (κ2) is 7.16. The molecule has 2 amide bonds. The average molecular weight is 331 g/mol. The van der Waals surface area contributed by atoms with Gasteiger partial charge in [0.15, 0.2) is 0 Å². The highest BCUT2D eigenvalue weighted by Crippen LogP contribution is 2.16. The number of benzene rings is 1. The normalized spacial score (nSPS) is 14.5. The fourth-order valence-corrected chi connectivity index (χ4v) is 2.62. The zero-order chi connectivity index (χ0) is 16.9. The lowest BCUT2D eigenvalue weighted by Crippen LogP contribution is -2.52. The van der Waals surface area contributed by atoms with Crippen LogP contribution in [0.4, 0.5) is 10.1 Å². The summed E-state index contributed by atoms with van der Waals surface area (Å²) in [4.78, 5) is 27.7. The van der Waals surface area contributed by atoms with E-state index in [-0.39, 0.29) is 12.4 Å². The van der Waals surface area contributed by atoms with Gasteiger partial charge < -0.3 is 19.5 Å². The molecule has 1 saturated heterocycles. The van der Waals surface area contributed by atoms with Crippen LogP contribution in [-0.2, 0) is 16.1 Å². The molecular weight excluding hydrogens is 313 g/mol. The molecule has 0 saturated carbocycles. The lowest BCUT2D eigenvalue weighted by Gasteiger charge is -2.35. The largest absolute Gasteiger partial charge is 0.467 e. The number of amides is 2. The van der Waals surface area contributed by atoms with Crippen molar-refractivity contribution in [1.29, 1.82) is 0 Å². The highest BCUT2D eigenvalue weighted by Gasteiger charge is 2.26. The summed E-state index contributed by atoms with van der Waals surface area (Å²) in [5.74, 6) is -0.861. The van der Waals surface area contributed by atoms with Crippen LogP contribution in [-0.4, -0.2) is 42.9 Å². The Kier molecular flexibility index (Phi) is 4.79. The molecule has 0 bridgehead atoms. The predicted molar refractivity (Wildman–Crippen MR) is 85.7 cm³/mol. The second-order valence-electron chi connectivity index (χ2n) is 5.52. The maximum absolute atomic E-state index is 13.0. The van der Waals surface area contributed by atoms with Crippen LogP contribution in [0.1, 0.15) is 5.76 Å². The van der Waals surface area contributed by atoms with Crippen molar-refractivity contribution in [2.75, 3.05) is 31.1 Å². The number of carbonyl (C=O) groups excluding carboxylic acids is 2. The van der Waals surface area contributed by atoms with Gasteiger partial charge in [0.25, 0.3) is 0 Å². The van der Waals surface area contributed by atoms with Crippen molar-refractivity contribution in [2.24, 2.45) is 0 Å². The van der Waals surface area contributed by atoms with Crippen LogP contribution in [0.5, 0.6) is 0 Å². The first-order valence-electron chi connectivity index (χ1n) is 7.73. The Balaban J connectivity index is 1.49. The summed E-state index contributed by atoms with van der Waals surface area (Å²) in [6.45, 7) is 2.29. The molecule has 3 rings (SSSR count). The van der Waals surface area contributed by atoms with E-state index in [4.69, 9.17) is 4.42 Å². The molecular formula is C17H18FN3O3. The van der Waals surface area contributed by atoms with Gasteiger partial charge in [-0.1, -0.05) is 0 Å². The minimum Gasteiger partial charge on any atom is -0.467 e. The number of furan rings is 1. The minimum atomic E-state index is -0.637. The molecule has 1 N–H and O–H groups in total. The SMILES string of the molecule is O=C(NCc1ccco1)C(=O)N1CCN(c2ccc(F)cc2)CC1. The Labute approximate surface area is 138 Å². The Bertz CT molecular complexity index is 692. The fraction of sp³-hybridized carbons (Fsp3) is 0.294. The zero-order valence-corrected chi connectivity index (χ0v) is 13.1. The Morgan fingerprint density at radius 2 is 1.79 bits per heavy atom. The van der Waals surface area contributed by atoms with Crippen molar-refractivity contribution in [3.05, 3.63) is 54.2 Å². The molecule has 0 radical (unpaired) electrons. The monoisotopic (exact) mass is 331 g/mol. The predicted octanol–water partition coefficient (Wildman–Crippen LogP) is 1.38. The topological polar surface area (TPSA) is 65.8 Å². The van der Waals surface area contributed by atoms with Gasteiger partial charge in [-0.25, -0.2) is 4.39 Å². The molecule has 2 aromatic rings. The molecule has 126 valence electrons. The van der Waals surface area contributed by atoms with Crippen molar-refractivity contribution < 1.29 is 18.4 Å². The van der Waals surface area contributed by atoms with Crippen LogP contribution in [0.15, 0.2) is 47.1 Å². The Morgan fingerprint density at radius 3 is 2.42 bits per heavy atom. The third kappa shape index (κ3) is 3.73. The standard InChI is InChI=1S/C17H18FN3O3/c18-13-3-5-14(6-4-13)20-7-9-21(10-8-20)17(23)16(22)19-12-15-2-1-11-24-15/h1-6,11H,7-10,12H2,(H,19,22). The first kappa shape index (κ1) is 16.0. The molecule has 0 aliphatic carbocycles. The van der Waals surface area contributed by atoms with Crippen LogP contribution in [0.2, 0.25) is 0 Å². The summed E-state index contributed by atoms with van der Waals surface area (Å²) in [5.41, 5.74) is 0.908. The van der Waals surface area contributed by atoms with Gasteiger partial charge in [-0.2, -0.15) is 0 Å². The summed E-state index contributed by atoms with van der Waals surface area (Å²) in [6.07, 6.45) is 1.51. The summed E-state index contributed by atoms with van der Waals surface area (Å²) in [7, 11) is 0. The summed E-state index contributed by atoms with van der Waals surface area (Å²) in [6, 6.07) is 9.69. The Morgan fingerprint density at radius 1 is 1.08 bits per heavy atom. The maximum atomic E-state index is 13.0. The zero-order valence-electron chi connectivity index (χ0n) is 13.1. The maximum Gasteiger partial charge on any atom is 0.312 e. The molecule has 2 heterocycles. The second-order valence-corrected chi connectivity index (χ2v) is 5.52. The number of rotatable bonds is 3. The average Bonchev–Trinajstić information content (AvgIpc) is 3.13. The van der Waals surface area contributed by atoms with Gasteiger partial charge in [-0.05, 0) is 36.4 Å². The molecule has 6 nitrogen and oxygen atoms in total. The van der Waals surface area contributed by atoms with Crippen molar-refractivity contribution in [3.8, 4) is 0 Å². The molecule has 1 aromatic carbocycles. The van der Waals surface area contributed by atoms with E-state index < -0.39 is 11.8 Å². The van der Waals surface area contributed by atoms with E-state index in [1.807, 2.05) is 0 Å². The van der Waals surface area contributed by atoms with Crippen molar-refractivity contribution in [2.45, 2.75) is 6.54 Å². The molecule has 1 aromatic heterocycles. The summed E-state index contributed by atoms with van der Waals surface area (Å²) in [5, 5.41) is 2.55. The van der Waals surface area contributed by atoms with Crippen molar-refractivity contribution in [3.63, 3.8) is 0 Å². The van der Waals surface area contributed by atoms with Gasteiger partial charge in [-0.3, -0.25) is 9.59 Å². The molecule has 0 spiro atoms. The summed E-state index contributed by atoms with van der Waals surface area (Å²) >= 11 is 0. The number of nitrogens with zero attached hydrogens (tertiary/aromatic N) is 2. The number of nitrogens with one attached hydrogen (secondary N) is 1. The number of carbonyl (C=O) groups is 2. The lowest BCUT2D eigenvalue weighted by molar-refractivity contribution is -0.146. The number of piperazine rings is 1. The van der Waals surface area contributed by atoms with Crippen LogP contribution in [0, 0.1) is 5.82 Å². The molecule has 0 unspecified atom stereocenters. The van der Waals surface area contributed by atoms with E-state index in [1.165, 1.54) is 23.3 Å². The van der Waals surface area contributed by atoms with E-state index in [0.717, 1.165) is 5.69 Å². The van der Waals surface area contributed by atoms with Gasteiger partial charge in [0, 0.05) is 31.9 Å². The molecule has 1 fully saturated rings. The molecule has 1 aliphatic rings. The number of halogens is 1. The van der Waals surface area contributed by atoms with Crippen LogP contribution < -0.4 is 10.2 Å². The van der Waals surface area contributed by atoms with E-state index >= 15 is 0 Å².